The largest absolute Gasteiger partial charge is 0.336 e. The standard InChI is InChI=1S/C18H25ClN2OS/c19-15-7-5-14(6-8-15)17-4-2-1-3-10-21(17)18(22)12-16-13-23-11-9-20-16/h5-8,16-17,20H,1-4,9-13H2. The van der Waals surface area contributed by atoms with Crippen molar-refractivity contribution in [3.8, 4) is 0 Å². The molecule has 1 N–H and O–H groups in total. The first kappa shape index (κ1) is 17.1. The van der Waals surface area contributed by atoms with Gasteiger partial charge >= 0.3 is 0 Å². The summed E-state index contributed by atoms with van der Waals surface area (Å²) >= 11 is 7.97. The minimum absolute atomic E-state index is 0.207. The number of rotatable bonds is 3. The van der Waals surface area contributed by atoms with Crippen LogP contribution in [0.5, 0.6) is 0 Å². The van der Waals surface area contributed by atoms with Crippen molar-refractivity contribution < 1.29 is 4.79 Å². The van der Waals surface area contributed by atoms with E-state index in [0.29, 0.717) is 18.4 Å². The summed E-state index contributed by atoms with van der Waals surface area (Å²) in [6.45, 7) is 1.90. The molecule has 2 aliphatic rings. The summed E-state index contributed by atoms with van der Waals surface area (Å²) in [5.74, 6) is 2.50. The lowest BCUT2D eigenvalue weighted by atomic mass is 10.00. The second-order valence-corrected chi connectivity index (χ2v) is 8.02. The summed E-state index contributed by atoms with van der Waals surface area (Å²) in [7, 11) is 0. The predicted octanol–water partition coefficient (Wildman–Crippen LogP) is 3.88. The van der Waals surface area contributed by atoms with Gasteiger partial charge in [-0.2, -0.15) is 11.8 Å². The van der Waals surface area contributed by atoms with E-state index >= 15 is 0 Å². The Hall–Kier alpha value is -0.710. The minimum Gasteiger partial charge on any atom is -0.336 e. The molecule has 0 aromatic heterocycles. The van der Waals surface area contributed by atoms with E-state index in [1.165, 1.54) is 18.4 Å². The second kappa shape index (κ2) is 8.41. The Morgan fingerprint density at radius 3 is 2.83 bits per heavy atom. The van der Waals surface area contributed by atoms with Gasteiger partial charge in [0.15, 0.2) is 0 Å². The molecule has 2 heterocycles. The number of hydrogen-bond donors (Lipinski definition) is 1. The molecular weight excluding hydrogens is 328 g/mol. The van der Waals surface area contributed by atoms with Gasteiger partial charge in [0.25, 0.3) is 0 Å². The third kappa shape index (κ3) is 4.65. The van der Waals surface area contributed by atoms with Crippen molar-refractivity contribution in [3.63, 3.8) is 0 Å². The van der Waals surface area contributed by atoms with Crippen LogP contribution >= 0.6 is 23.4 Å². The summed E-state index contributed by atoms with van der Waals surface area (Å²) in [5, 5.41) is 4.23. The fraction of sp³-hybridized carbons (Fsp3) is 0.611. The van der Waals surface area contributed by atoms with Crippen LogP contribution in [0.1, 0.15) is 43.7 Å². The highest BCUT2D eigenvalue weighted by Gasteiger charge is 2.28. The fourth-order valence-electron chi connectivity index (χ4n) is 3.52. The van der Waals surface area contributed by atoms with E-state index in [2.05, 4.69) is 22.3 Å². The quantitative estimate of drug-likeness (QED) is 0.896. The maximum Gasteiger partial charge on any atom is 0.224 e. The second-order valence-electron chi connectivity index (χ2n) is 6.43. The van der Waals surface area contributed by atoms with E-state index < -0.39 is 0 Å². The summed E-state index contributed by atoms with van der Waals surface area (Å²) < 4.78 is 0. The molecule has 5 heteroatoms. The van der Waals surface area contributed by atoms with Crippen molar-refractivity contribution in [2.45, 2.75) is 44.2 Å². The van der Waals surface area contributed by atoms with Gasteiger partial charge in [-0.3, -0.25) is 4.79 Å². The molecule has 2 atom stereocenters. The molecule has 1 aromatic rings. The van der Waals surface area contributed by atoms with Crippen molar-refractivity contribution in [1.29, 1.82) is 0 Å². The molecule has 1 amide bonds. The fourth-order valence-corrected chi connectivity index (χ4v) is 4.59. The Kier molecular flexibility index (Phi) is 6.26. The number of nitrogens with one attached hydrogen (secondary N) is 1. The van der Waals surface area contributed by atoms with Crippen LogP contribution in [-0.2, 0) is 4.79 Å². The molecule has 2 fully saturated rings. The van der Waals surface area contributed by atoms with E-state index in [1.54, 1.807) is 0 Å². The van der Waals surface area contributed by atoms with E-state index in [0.717, 1.165) is 42.5 Å². The van der Waals surface area contributed by atoms with Crippen molar-refractivity contribution in [2.75, 3.05) is 24.6 Å². The highest BCUT2D eigenvalue weighted by atomic mass is 35.5. The van der Waals surface area contributed by atoms with Crippen molar-refractivity contribution >= 4 is 29.3 Å². The number of halogens is 1. The zero-order valence-corrected chi connectivity index (χ0v) is 15.0. The van der Waals surface area contributed by atoms with Gasteiger partial charge in [0.2, 0.25) is 5.91 Å². The minimum atomic E-state index is 0.207. The maximum absolute atomic E-state index is 12.9. The van der Waals surface area contributed by atoms with Crippen LogP contribution in [0.25, 0.3) is 0 Å². The number of benzene rings is 1. The van der Waals surface area contributed by atoms with Crippen LogP contribution in [0.3, 0.4) is 0 Å². The molecule has 3 nitrogen and oxygen atoms in total. The average molecular weight is 353 g/mol. The van der Waals surface area contributed by atoms with E-state index in [9.17, 15) is 4.79 Å². The number of amides is 1. The molecule has 126 valence electrons. The zero-order valence-electron chi connectivity index (χ0n) is 13.5. The van der Waals surface area contributed by atoms with Crippen LogP contribution in [-0.4, -0.2) is 41.4 Å². The smallest absolute Gasteiger partial charge is 0.224 e. The number of nitrogens with zero attached hydrogens (tertiary/aromatic N) is 1. The van der Waals surface area contributed by atoms with Gasteiger partial charge < -0.3 is 10.2 Å². The molecule has 0 radical (unpaired) electrons. The molecule has 0 bridgehead atoms. The Morgan fingerprint density at radius 2 is 2.09 bits per heavy atom. The first-order valence-corrected chi connectivity index (χ1v) is 10.1. The normalized spacial score (nSPS) is 25.9. The Balaban J connectivity index is 1.72. The zero-order chi connectivity index (χ0) is 16.1. The number of carbonyl (C=O) groups excluding carboxylic acids is 1. The lowest BCUT2D eigenvalue weighted by Crippen LogP contribution is -2.43. The van der Waals surface area contributed by atoms with E-state index in [-0.39, 0.29) is 6.04 Å². The third-order valence-corrected chi connectivity index (χ3v) is 6.13. The monoisotopic (exact) mass is 352 g/mol. The number of hydrogen-bond acceptors (Lipinski definition) is 3. The Bertz CT molecular complexity index is 516. The van der Waals surface area contributed by atoms with Crippen LogP contribution in [0.4, 0.5) is 0 Å². The summed E-state index contributed by atoms with van der Waals surface area (Å²) in [6, 6.07) is 8.56. The van der Waals surface area contributed by atoms with Gasteiger partial charge in [-0.15, -0.1) is 0 Å². The molecule has 2 saturated heterocycles. The summed E-state index contributed by atoms with van der Waals surface area (Å²) in [5.41, 5.74) is 1.22. The topological polar surface area (TPSA) is 32.3 Å². The van der Waals surface area contributed by atoms with E-state index in [1.807, 2.05) is 23.9 Å². The van der Waals surface area contributed by atoms with Gasteiger partial charge in [0.1, 0.15) is 0 Å². The molecule has 1 aromatic carbocycles. The molecule has 23 heavy (non-hydrogen) atoms. The average Bonchev–Trinajstić information content (AvgIpc) is 2.82. The highest BCUT2D eigenvalue weighted by molar-refractivity contribution is 7.99. The third-order valence-electron chi connectivity index (χ3n) is 4.75. The Labute approximate surface area is 148 Å². The van der Waals surface area contributed by atoms with Gasteiger partial charge in [-0.05, 0) is 30.5 Å². The van der Waals surface area contributed by atoms with Crippen molar-refractivity contribution in [3.05, 3.63) is 34.9 Å². The molecule has 0 saturated carbocycles. The van der Waals surface area contributed by atoms with Crippen molar-refractivity contribution in [2.24, 2.45) is 0 Å². The molecule has 0 aliphatic carbocycles. The number of likely N-dealkylation sites (tertiary alicyclic amines) is 1. The van der Waals surface area contributed by atoms with Crippen molar-refractivity contribution in [1.82, 2.24) is 10.2 Å². The SMILES string of the molecule is O=C(CC1CSCCN1)N1CCCCCC1c1ccc(Cl)cc1. The van der Waals surface area contributed by atoms with E-state index in [4.69, 9.17) is 11.6 Å². The Morgan fingerprint density at radius 1 is 1.26 bits per heavy atom. The molecule has 2 aliphatic heterocycles. The van der Waals surface area contributed by atoms with Gasteiger partial charge in [0, 0.05) is 42.1 Å². The number of carbonyl (C=O) groups is 1. The van der Waals surface area contributed by atoms with Gasteiger partial charge in [-0.25, -0.2) is 0 Å². The lowest BCUT2D eigenvalue weighted by molar-refractivity contribution is -0.134. The molecule has 3 rings (SSSR count). The summed E-state index contributed by atoms with van der Waals surface area (Å²) in [6.07, 6.45) is 5.19. The van der Waals surface area contributed by atoms with Crippen LogP contribution < -0.4 is 5.32 Å². The lowest BCUT2D eigenvalue weighted by Gasteiger charge is -2.33. The first-order valence-electron chi connectivity index (χ1n) is 8.60. The van der Waals surface area contributed by atoms with Gasteiger partial charge in [0.05, 0.1) is 6.04 Å². The highest BCUT2D eigenvalue weighted by Crippen LogP contribution is 2.31. The molecule has 2 unspecified atom stereocenters. The number of thioether (sulfide) groups is 1. The molecule has 0 spiro atoms. The maximum atomic E-state index is 12.9. The molecular formula is C18H25ClN2OS. The first-order chi connectivity index (χ1) is 11.2. The summed E-state index contributed by atoms with van der Waals surface area (Å²) in [4.78, 5) is 15.0. The van der Waals surface area contributed by atoms with Crippen LogP contribution in [0.2, 0.25) is 5.02 Å². The van der Waals surface area contributed by atoms with Crippen LogP contribution in [0, 0.1) is 0 Å². The van der Waals surface area contributed by atoms with Gasteiger partial charge in [-0.1, -0.05) is 36.6 Å². The predicted molar refractivity (Wildman–Crippen MR) is 98.1 cm³/mol. The van der Waals surface area contributed by atoms with Crippen LogP contribution in [0.15, 0.2) is 24.3 Å².